The average molecular weight is 442 g/mol. The minimum Gasteiger partial charge on any atom is -0.304 e. The summed E-state index contributed by atoms with van der Waals surface area (Å²) in [6.45, 7) is 2.64. The highest BCUT2D eigenvalue weighted by molar-refractivity contribution is 7.90. The first-order chi connectivity index (χ1) is 13.3. The van der Waals surface area contributed by atoms with E-state index in [4.69, 9.17) is 5.41 Å². The van der Waals surface area contributed by atoms with Crippen molar-refractivity contribution in [3.05, 3.63) is 24.3 Å². The number of nitrogens with one attached hydrogen (secondary N) is 1. The number of hydrogen-bond donors (Lipinski definition) is 1. The average Bonchev–Trinajstić information content (AvgIpc) is 2.65. The van der Waals surface area contributed by atoms with Crippen molar-refractivity contribution >= 4 is 31.6 Å². The normalized spacial score (nSPS) is 27.3. The van der Waals surface area contributed by atoms with Crippen molar-refractivity contribution < 1.29 is 21.6 Å². The lowest BCUT2D eigenvalue weighted by Crippen LogP contribution is -2.51. The van der Waals surface area contributed by atoms with Crippen molar-refractivity contribution in [3.8, 4) is 0 Å². The topological polar surface area (TPSA) is 116 Å². The molecule has 2 aliphatic heterocycles. The molecule has 2 saturated heterocycles. The smallest absolute Gasteiger partial charge is 0.243 e. The minimum absolute atomic E-state index is 0.0284. The van der Waals surface area contributed by atoms with Crippen LogP contribution in [0.2, 0.25) is 0 Å². The van der Waals surface area contributed by atoms with Crippen molar-refractivity contribution in [1.29, 1.82) is 5.41 Å². The van der Waals surface area contributed by atoms with Gasteiger partial charge in [-0.15, -0.1) is 0 Å². The number of sulfonamides is 1. The SMILES string of the molecule is CN1C(=N)C[C@](C)(C2CCCN(S(=O)(=O)c3ccc(S(C)(=O)=O)cc3)C2)CC1=O. The van der Waals surface area contributed by atoms with Gasteiger partial charge in [-0.05, 0) is 48.4 Å². The van der Waals surface area contributed by atoms with E-state index in [2.05, 4.69) is 0 Å². The molecule has 1 amide bonds. The Balaban J connectivity index is 1.83. The van der Waals surface area contributed by atoms with E-state index >= 15 is 0 Å². The summed E-state index contributed by atoms with van der Waals surface area (Å²) >= 11 is 0. The molecule has 0 aliphatic carbocycles. The Morgan fingerprint density at radius 1 is 1.07 bits per heavy atom. The Kier molecular flexibility index (Phi) is 5.65. The number of carbonyl (C=O) groups is 1. The predicted octanol–water partition coefficient (Wildman–Crippen LogP) is 1.73. The quantitative estimate of drug-likeness (QED) is 0.764. The van der Waals surface area contributed by atoms with E-state index < -0.39 is 25.3 Å². The van der Waals surface area contributed by atoms with Gasteiger partial charge in [-0.2, -0.15) is 4.31 Å². The first kappa shape index (κ1) is 21.9. The number of rotatable bonds is 4. The maximum atomic E-state index is 13.1. The van der Waals surface area contributed by atoms with Gasteiger partial charge in [0, 0.05) is 39.2 Å². The lowest BCUT2D eigenvalue weighted by Gasteiger charge is -2.46. The zero-order valence-corrected chi connectivity index (χ0v) is 18.5. The predicted molar refractivity (Wildman–Crippen MR) is 109 cm³/mol. The standard InChI is InChI=1S/C19H27N3O5S2/c1-19(11-17(20)21(2)18(23)12-19)14-5-4-10-22(13-14)29(26,27)16-8-6-15(7-9-16)28(3,24)25/h6-9,14,20H,4-5,10-13H2,1-3H3/t14?,19-/m0/s1. The van der Waals surface area contributed by atoms with Crippen molar-refractivity contribution in [2.45, 2.75) is 42.4 Å². The molecule has 1 aromatic carbocycles. The van der Waals surface area contributed by atoms with Crippen molar-refractivity contribution in [1.82, 2.24) is 9.21 Å². The number of amides is 1. The number of sulfone groups is 1. The third-order valence-electron chi connectivity index (χ3n) is 6.16. The summed E-state index contributed by atoms with van der Waals surface area (Å²) in [6, 6.07) is 5.27. The van der Waals surface area contributed by atoms with Crippen molar-refractivity contribution in [2.75, 3.05) is 26.4 Å². The summed E-state index contributed by atoms with van der Waals surface area (Å²) < 4.78 is 50.9. The summed E-state index contributed by atoms with van der Waals surface area (Å²) in [7, 11) is -5.57. The molecule has 2 atom stereocenters. The molecule has 160 valence electrons. The molecule has 1 N–H and O–H groups in total. The van der Waals surface area contributed by atoms with Crippen LogP contribution in [0.1, 0.15) is 32.6 Å². The van der Waals surface area contributed by atoms with E-state index in [0.717, 1.165) is 12.7 Å². The number of likely N-dealkylation sites (tertiary alicyclic amines) is 1. The molecule has 29 heavy (non-hydrogen) atoms. The van der Waals surface area contributed by atoms with E-state index in [1.165, 1.54) is 33.5 Å². The summed E-state index contributed by atoms with van der Waals surface area (Å²) in [4.78, 5) is 13.8. The van der Waals surface area contributed by atoms with Gasteiger partial charge in [0.25, 0.3) is 0 Å². The second kappa shape index (κ2) is 7.48. The fraction of sp³-hybridized carbons (Fsp3) is 0.579. The molecule has 0 spiro atoms. The fourth-order valence-corrected chi connectivity index (χ4v) is 6.36. The highest BCUT2D eigenvalue weighted by Crippen LogP contribution is 2.44. The summed E-state index contributed by atoms with van der Waals surface area (Å²) in [5.74, 6) is 0.125. The van der Waals surface area contributed by atoms with Gasteiger partial charge in [-0.1, -0.05) is 6.92 Å². The van der Waals surface area contributed by atoms with Crippen molar-refractivity contribution in [2.24, 2.45) is 11.3 Å². The maximum Gasteiger partial charge on any atom is 0.243 e. The maximum absolute atomic E-state index is 13.1. The Morgan fingerprint density at radius 3 is 2.21 bits per heavy atom. The van der Waals surface area contributed by atoms with E-state index in [-0.39, 0.29) is 34.0 Å². The summed E-state index contributed by atoms with van der Waals surface area (Å²) in [5.41, 5.74) is -0.449. The van der Waals surface area contributed by atoms with E-state index in [0.29, 0.717) is 25.8 Å². The van der Waals surface area contributed by atoms with Crippen LogP contribution >= 0.6 is 0 Å². The van der Waals surface area contributed by atoms with Gasteiger partial charge in [0.15, 0.2) is 9.84 Å². The molecule has 1 aromatic rings. The van der Waals surface area contributed by atoms with Gasteiger partial charge in [0.05, 0.1) is 9.79 Å². The first-order valence-electron chi connectivity index (χ1n) is 9.49. The van der Waals surface area contributed by atoms with Crippen LogP contribution in [-0.4, -0.2) is 64.2 Å². The molecular weight excluding hydrogens is 414 g/mol. The van der Waals surface area contributed by atoms with E-state index in [1.54, 1.807) is 7.05 Å². The van der Waals surface area contributed by atoms with Gasteiger partial charge in [0.1, 0.15) is 5.84 Å². The van der Waals surface area contributed by atoms with Crippen LogP contribution in [0.4, 0.5) is 0 Å². The molecule has 1 unspecified atom stereocenters. The Morgan fingerprint density at radius 2 is 1.66 bits per heavy atom. The number of benzene rings is 1. The molecule has 0 aromatic heterocycles. The van der Waals surface area contributed by atoms with Crippen LogP contribution in [0.5, 0.6) is 0 Å². The molecule has 0 saturated carbocycles. The Bertz CT molecular complexity index is 1010. The van der Waals surface area contributed by atoms with Crippen LogP contribution in [0.3, 0.4) is 0 Å². The van der Waals surface area contributed by atoms with E-state index in [1.807, 2.05) is 6.92 Å². The summed E-state index contributed by atoms with van der Waals surface area (Å²) in [6.07, 6.45) is 3.30. The number of carbonyl (C=O) groups excluding carboxylic acids is 1. The third kappa shape index (κ3) is 4.24. The first-order valence-corrected chi connectivity index (χ1v) is 12.8. The van der Waals surface area contributed by atoms with Crippen LogP contribution in [0, 0.1) is 16.7 Å². The summed E-state index contributed by atoms with van der Waals surface area (Å²) in [5, 5.41) is 8.10. The van der Waals surface area contributed by atoms with Gasteiger partial charge >= 0.3 is 0 Å². The monoisotopic (exact) mass is 441 g/mol. The lowest BCUT2D eigenvalue weighted by molar-refractivity contribution is -0.131. The number of piperidine rings is 2. The third-order valence-corrected chi connectivity index (χ3v) is 9.17. The minimum atomic E-state index is -3.77. The van der Waals surface area contributed by atoms with Crippen LogP contribution in [0.25, 0.3) is 0 Å². The molecule has 2 aliphatic rings. The second-order valence-electron chi connectivity index (χ2n) is 8.35. The van der Waals surface area contributed by atoms with Gasteiger partial charge in [-0.3, -0.25) is 10.2 Å². The van der Waals surface area contributed by atoms with E-state index in [9.17, 15) is 21.6 Å². The molecule has 3 rings (SSSR count). The van der Waals surface area contributed by atoms with Crippen molar-refractivity contribution in [3.63, 3.8) is 0 Å². The highest BCUT2D eigenvalue weighted by atomic mass is 32.2. The van der Waals surface area contributed by atoms with Gasteiger partial charge < -0.3 is 4.90 Å². The zero-order chi connectivity index (χ0) is 21.6. The fourth-order valence-electron chi connectivity index (χ4n) is 4.20. The number of hydrogen-bond acceptors (Lipinski definition) is 6. The van der Waals surface area contributed by atoms with Crippen LogP contribution in [0.15, 0.2) is 34.1 Å². The Labute approximate surface area is 172 Å². The van der Waals surface area contributed by atoms with Gasteiger partial charge in [-0.25, -0.2) is 16.8 Å². The lowest BCUT2D eigenvalue weighted by atomic mass is 9.67. The zero-order valence-electron chi connectivity index (χ0n) is 16.9. The molecule has 10 heteroatoms. The molecule has 0 radical (unpaired) electrons. The molecule has 0 bridgehead atoms. The molecule has 8 nitrogen and oxygen atoms in total. The van der Waals surface area contributed by atoms with Crippen LogP contribution in [-0.2, 0) is 24.7 Å². The van der Waals surface area contributed by atoms with Crippen LogP contribution < -0.4 is 0 Å². The van der Waals surface area contributed by atoms with Gasteiger partial charge in [0.2, 0.25) is 15.9 Å². The Hall–Kier alpha value is -1.78. The molecule has 2 heterocycles. The molecular formula is C19H27N3O5S2. The largest absolute Gasteiger partial charge is 0.304 e. The highest BCUT2D eigenvalue weighted by Gasteiger charge is 2.45. The molecule has 2 fully saturated rings. The second-order valence-corrected chi connectivity index (χ2v) is 12.3. The number of amidine groups is 1. The number of nitrogens with zero attached hydrogens (tertiary/aromatic N) is 2.